The van der Waals surface area contributed by atoms with Crippen LogP contribution in [0, 0.1) is 12.8 Å². The van der Waals surface area contributed by atoms with Gasteiger partial charge in [-0.1, -0.05) is 48.0 Å². The second-order valence-corrected chi connectivity index (χ2v) is 6.87. The molecule has 6 nitrogen and oxygen atoms in total. The maximum atomic E-state index is 12.7. The number of benzene rings is 2. The predicted molar refractivity (Wildman–Crippen MR) is 101 cm³/mol. The normalized spacial score (nSPS) is 16.8. The summed E-state index contributed by atoms with van der Waals surface area (Å²) in [6.07, 6.45) is 0.386. The summed E-state index contributed by atoms with van der Waals surface area (Å²) in [5, 5.41) is 15.0. The number of carboxylic acid groups (broad SMARTS) is 1. The SMILES string of the molecule is Cc1cccc(C[C@H](CNC(=O)[C@@H]2CC(=O)Nc3ccccc32)C(=O)O)c1. The van der Waals surface area contributed by atoms with Crippen LogP contribution in [0.5, 0.6) is 0 Å². The summed E-state index contributed by atoms with van der Waals surface area (Å²) >= 11 is 0. The van der Waals surface area contributed by atoms with Gasteiger partial charge in [-0.25, -0.2) is 0 Å². The third-order valence-electron chi connectivity index (χ3n) is 4.75. The van der Waals surface area contributed by atoms with Crippen LogP contribution in [0.2, 0.25) is 0 Å². The van der Waals surface area contributed by atoms with Crippen molar-refractivity contribution in [3.05, 3.63) is 65.2 Å². The van der Waals surface area contributed by atoms with Crippen LogP contribution in [0.3, 0.4) is 0 Å². The summed E-state index contributed by atoms with van der Waals surface area (Å²) in [5.74, 6) is -2.85. The first-order valence-corrected chi connectivity index (χ1v) is 8.89. The number of rotatable bonds is 6. The number of hydrogen-bond donors (Lipinski definition) is 3. The molecule has 0 radical (unpaired) electrons. The standard InChI is InChI=1S/C21H22N2O4/c1-13-5-4-6-14(9-13)10-15(21(26)27)12-22-20(25)17-11-19(24)23-18-8-3-2-7-16(17)18/h2-9,15,17H,10-12H2,1H3,(H,22,25)(H,23,24)(H,26,27)/t15-,17-/m1/s1. The van der Waals surface area contributed by atoms with Crippen LogP contribution in [-0.2, 0) is 20.8 Å². The van der Waals surface area contributed by atoms with Gasteiger partial charge in [-0.15, -0.1) is 0 Å². The lowest BCUT2D eigenvalue weighted by molar-refractivity contribution is -0.141. The first-order valence-electron chi connectivity index (χ1n) is 8.89. The Labute approximate surface area is 157 Å². The molecule has 2 amide bonds. The van der Waals surface area contributed by atoms with Crippen molar-refractivity contribution >= 4 is 23.5 Å². The van der Waals surface area contributed by atoms with E-state index in [1.807, 2.05) is 37.3 Å². The molecule has 0 unspecified atom stereocenters. The molecule has 1 aliphatic heterocycles. The fourth-order valence-corrected chi connectivity index (χ4v) is 3.36. The second-order valence-electron chi connectivity index (χ2n) is 6.87. The van der Waals surface area contributed by atoms with Crippen LogP contribution in [0.25, 0.3) is 0 Å². The van der Waals surface area contributed by atoms with Gasteiger partial charge in [0.25, 0.3) is 0 Å². The molecule has 0 saturated carbocycles. The molecule has 140 valence electrons. The molecule has 27 heavy (non-hydrogen) atoms. The molecule has 0 aliphatic carbocycles. The molecule has 3 rings (SSSR count). The van der Waals surface area contributed by atoms with Crippen LogP contribution in [0.15, 0.2) is 48.5 Å². The average Bonchev–Trinajstić information content (AvgIpc) is 2.64. The minimum Gasteiger partial charge on any atom is -0.481 e. The molecule has 1 heterocycles. The van der Waals surface area contributed by atoms with Gasteiger partial charge in [-0.2, -0.15) is 0 Å². The first-order chi connectivity index (χ1) is 12.9. The zero-order chi connectivity index (χ0) is 19.4. The van der Waals surface area contributed by atoms with E-state index in [9.17, 15) is 19.5 Å². The lowest BCUT2D eigenvalue weighted by atomic mass is 9.89. The van der Waals surface area contributed by atoms with Crippen LogP contribution < -0.4 is 10.6 Å². The minimum absolute atomic E-state index is 0.0163. The molecule has 6 heteroatoms. The Kier molecular flexibility index (Phi) is 5.54. The van der Waals surface area contributed by atoms with E-state index in [2.05, 4.69) is 10.6 Å². The molecule has 1 aliphatic rings. The molecular weight excluding hydrogens is 344 g/mol. The van der Waals surface area contributed by atoms with Crippen molar-refractivity contribution in [3.63, 3.8) is 0 Å². The smallest absolute Gasteiger partial charge is 0.308 e. The molecule has 0 fully saturated rings. The molecule has 0 spiro atoms. The number of amides is 2. The number of para-hydroxylation sites is 1. The van der Waals surface area contributed by atoms with Crippen LogP contribution in [0.4, 0.5) is 5.69 Å². The highest BCUT2D eigenvalue weighted by Gasteiger charge is 2.31. The zero-order valence-corrected chi connectivity index (χ0v) is 15.1. The number of aryl methyl sites for hydroxylation is 1. The molecule has 2 aromatic rings. The maximum absolute atomic E-state index is 12.7. The molecule has 2 aromatic carbocycles. The van der Waals surface area contributed by atoms with Crippen molar-refractivity contribution in [1.82, 2.24) is 5.32 Å². The Hall–Kier alpha value is -3.15. The zero-order valence-electron chi connectivity index (χ0n) is 15.1. The van der Waals surface area contributed by atoms with Gasteiger partial charge in [0, 0.05) is 18.7 Å². The van der Waals surface area contributed by atoms with Gasteiger partial charge >= 0.3 is 5.97 Å². The van der Waals surface area contributed by atoms with E-state index in [-0.39, 0.29) is 24.8 Å². The van der Waals surface area contributed by atoms with Gasteiger partial charge in [0.1, 0.15) is 0 Å². The topological polar surface area (TPSA) is 95.5 Å². The van der Waals surface area contributed by atoms with Crippen LogP contribution in [-0.4, -0.2) is 29.4 Å². The monoisotopic (exact) mass is 366 g/mol. The molecule has 0 aromatic heterocycles. The van der Waals surface area contributed by atoms with E-state index < -0.39 is 17.8 Å². The van der Waals surface area contributed by atoms with Crippen molar-refractivity contribution in [2.45, 2.75) is 25.7 Å². The Morgan fingerprint density at radius 2 is 2.00 bits per heavy atom. The Bertz CT molecular complexity index is 878. The van der Waals surface area contributed by atoms with Gasteiger partial charge in [-0.05, 0) is 30.5 Å². The molecule has 0 saturated heterocycles. The largest absolute Gasteiger partial charge is 0.481 e. The van der Waals surface area contributed by atoms with Gasteiger partial charge in [-0.3, -0.25) is 14.4 Å². The Balaban J connectivity index is 1.68. The van der Waals surface area contributed by atoms with Gasteiger partial charge < -0.3 is 15.7 Å². The quantitative estimate of drug-likeness (QED) is 0.732. The third-order valence-corrected chi connectivity index (χ3v) is 4.75. The lowest BCUT2D eigenvalue weighted by Gasteiger charge is -2.25. The molecular formula is C21H22N2O4. The minimum atomic E-state index is -0.960. The number of carboxylic acids is 1. The number of carbonyl (C=O) groups excluding carboxylic acids is 2. The summed E-state index contributed by atoms with van der Waals surface area (Å²) in [5.41, 5.74) is 3.35. The van der Waals surface area contributed by atoms with E-state index >= 15 is 0 Å². The van der Waals surface area contributed by atoms with Crippen molar-refractivity contribution < 1.29 is 19.5 Å². The highest BCUT2D eigenvalue weighted by Crippen LogP contribution is 2.32. The molecule has 0 bridgehead atoms. The van der Waals surface area contributed by atoms with E-state index in [1.165, 1.54) is 0 Å². The number of fused-ring (bicyclic) bond motifs is 1. The summed E-state index contributed by atoms with van der Waals surface area (Å²) < 4.78 is 0. The summed E-state index contributed by atoms with van der Waals surface area (Å²) in [7, 11) is 0. The van der Waals surface area contributed by atoms with Crippen molar-refractivity contribution in [2.24, 2.45) is 5.92 Å². The van der Waals surface area contributed by atoms with Crippen molar-refractivity contribution in [3.8, 4) is 0 Å². The Morgan fingerprint density at radius 1 is 1.22 bits per heavy atom. The van der Waals surface area contributed by atoms with E-state index in [4.69, 9.17) is 0 Å². The van der Waals surface area contributed by atoms with Gasteiger partial charge in [0.2, 0.25) is 11.8 Å². The molecule has 2 atom stereocenters. The number of carbonyl (C=O) groups is 3. The van der Waals surface area contributed by atoms with Crippen LogP contribution >= 0.6 is 0 Å². The van der Waals surface area contributed by atoms with E-state index in [0.29, 0.717) is 12.1 Å². The molecule has 3 N–H and O–H groups in total. The Morgan fingerprint density at radius 3 is 2.74 bits per heavy atom. The first kappa shape index (κ1) is 18.6. The summed E-state index contributed by atoms with van der Waals surface area (Å²) in [6.45, 7) is 1.97. The maximum Gasteiger partial charge on any atom is 0.308 e. The highest BCUT2D eigenvalue weighted by molar-refractivity contribution is 6.01. The van der Waals surface area contributed by atoms with Crippen molar-refractivity contribution in [1.29, 1.82) is 0 Å². The van der Waals surface area contributed by atoms with Crippen molar-refractivity contribution in [2.75, 3.05) is 11.9 Å². The lowest BCUT2D eigenvalue weighted by Crippen LogP contribution is -2.39. The van der Waals surface area contributed by atoms with E-state index in [0.717, 1.165) is 16.7 Å². The van der Waals surface area contributed by atoms with Crippen LogP contribution in [0.1, 0.15) is 29.0 Å². The number of nitrogens with one attached hydrogen (secondary N) is 2. The predicted octanol–water partition coefficient (Wildman–Crippen LogP) is 2.48. The fourth-order valence-electron chi connectivity index (χ4n) is 3.36. The third kappa shape index (κ3) is 4.53. The fraction of sp³-hybridized carbons (Fsp3) is 0.286. The van der Waals surface area contributed by atoms with Gasteiger partial charge in [0.15, 0.2) is 0 Å². The van der Waals surface area contributed by atoms with Gasteiger partial charge in [0.05, 0.1) is 11.8 Å². The summed E-state index contributed by atoms with van der Waals surface area (Å²) in [4.78, 5) is 36.1. The summed E-state index contributed by atoms with van der Waals surface area (Å²) in [6, 6.07) is 14.8. The highest BCUT2D eigenvalue weighted by atomic mass is 16.4. The average molecular weight is 366 g/mol. The van der Waals surface area contributed by atoms with E-state index in [1.54, 1.807) is 18.2 Å². The second kappa shape index (κ2) is 8.03. The number of aliphatic carboxylic acids is 1. The number of hydrogen-bond acceptors (Lipinski definition) is 3. The number of anilines is 1.